The molecule has 3 aliphatic rings. The summed E-state index contributed by atoms with van der Waals surface area (Å²) in [6.07, 6.45) is 2.44. The lowest BCUT2D eigenvalue weighted by atomic mass is 9.80. The van der Waals surface area contributed by atoms with Gasteiger partial charge >= 0.3 is 0 Å². The second kappa shape index (κ2) is 7.21. The molecule has 1 saturated heterocycles. The van der Waals surface area contributed by atoms with Crippen LogP contribution in [0.1, 0.15) is 29.0 Å². The van der Waals surface area contributed by atoms with Gasteiger partial charge in [-0.25, -0.2) is 0 Å². The molecule has 5 nitrogen and oxygen atoms in total. The maximum absolute atomic E-state index is 5.59. The monoisotopic (exact) mass is 379 g/mol. The summed E-state index contributed by atoms with van der Waals surface area (Å²) in [5.74, 6) is 2.98. The molecule has 2 N–H and O–H groups in total. The van der Waals surface area contributed by atoms with Gasteiger partial charge in [0.1, 0.15) is 0 Å². The molecule has 28 heavy (non-hydrogen) atoms. The first-order valence-corrected chi connectivity index (χ1v) is 10.3. The second-order valence-corrected chi connectivity index (χ2v) is 8.15. The first-order valence-electron chi connectivity index (χ1n) is 10.3. The molecule has 2 atom stereocenters. The van der Waals surface area contributed by atoms with Gasteiger partial charge < -0.3 is 25.0 Å². The van der Waals surface area contributed by atoms with E-state index in [1.807, 2.05) is 12.1 Å². The number of fused-ring (bicyclic) bond motifs is 2. The van der Waals surface area contributed by atoms with Crippen molar-refractivity contribution in [1.29, 1.82) is 0 Å². The van der Waals surface area contributed by atoms with Gasteiger partial charge in [-0.1, -0.05) is 12.1 Å². The van der Waals surface area contributed by atoms with Gasteiger partial charge in [-0.2, -0.15) is 0 Å². The molecule has 148 valence electrons. The van der Waals surface area contributed by atoms with Gasteiger partial charge in [-0.05, 0) is 48.1 Å². The first-order chi connectivity index (χ1) is 13.8. The summed E-state index contributed by atoms with van der Waals surface area (Å²) in [6.45, 7) is 5.39. The molecular formula is C23H29N3O2. The predicted molar refractivity (Wildman–Crippen MR) is 113 cm³/mol. The first kappa shape index (κ1) is 17.7. The Labute approximate surface area is 167 Å². The molecule has 3 heterocycles. The number of benzene rings is 2. The van der Waals surface area contributed by atoms with Crippen LogP contribution in [0, 0.1) is 5.92 Å². The lowest BCUT2D eigenvalue weighted by molar-refractivity contribution is 0.352. The van der Waals surface area contributed by atoms with Crippen molar-refractivity contribution < 1.29 is 9.47 Å². The smallest absolute Gasteiger partial charge is 0.165 e. The number of ether oxygens (including phenoxy) is 2. The summed E-state index contributed by atoms with van der Waals surface area (Å²) < 4.78 is 11.0. The molecule has 0 radical (unpaired) electrons. The zero-order valence-electron chi connectivity index (χ0n) is 16.8. The van der Waals surface area contributed by atoms with E-state index in [1.54, 1.807) is 19.8 Å². The van der Waals surface area contributed by atoms with Crippen LogP contribution in [-0.2, 0) is 13.0 Å². The van der Waals surface area contributed by atoms with E-state index in [-0.39, 0.29) is 0 Å². The van der Waals surface area contributed by atoms with Gasteiger partial charge in [0.15, 0.2) is 11.5 Å². The fraction of sp³-hybridized carbons (Fsp3) is 0.478. The molecule has 5 heteroatoms. The van der Waals surface area contributed by atoms with Crippen molar-refractivity contribution in [2.75, 3.05) is 50.6 Å². The fourth-order valence-electron chi connectivity index (χ4n) is 5.30. The number of nitrogens with one attached hydrogen (secondary N) is 2. The summed E-state index contributed by atoms with van der Waals surface area (Å²) in [5, 5.41) is 7.27. The van der Waals surface area contributed by atoms with E-state index in [0.717, 1.165) is 36.1 Å². The average molecular weight is 380 g/mol. The highest BCUT2D eigenvalue weighted by atomic mass is 16.5. The van der Waals surface area contributed by atoms with Crippen molar-refractivity contribution in [3.8, 4) is 11.5 Å². The largest absolute Gasteiger partial charge is 0.493 e. The van der Waals surface area contributed by atoms with Gasteiger partial charge in [0, 0.05) is 55.6 Å². The van der Waals surface area contributed by atoms with E-state index < -0.39 is 0 Å². The van der Waals surface area contributed by atoms with Crippen LogP contribution in [0.25, 0.3) is 0 Å². The zero-order valence-corrected chi connectivity index (χ0v) is 16.8. The third kappa shape index (κ3) is 2.89. The molecule has 2 aromatic carbocycles. The van der Waals surface area contributed by atoms with Gasteiger partial charge in [0.25, 0.3) is 0 Å². The topological polar surface area (TPSA) is 45.8 Å². The van der Waals surface area contributed by atoms with Crippen LogP contribution in [0.3, 0.4) is 0 Å². The summed E-state index contributed by atoms with van der Waals surface area (Å²) in [7, 11) is 3.38. The van der Waals surface area contributed by atoms with Crippen molar-refractivity contribution in [3.63, 3.8) is 0 Å². The number of anilines is 2. The van der Waals surface area contributed by atoms with Crippen molar-refractivity contribution in [1.82, 2.24) is 5.32 Å². The Bertz CT molecular complexity index is 882. The van der Waals surface area contributed by atoms with Gasteiger partial charge in [0.05, 0.1) is 14.2 Å². The van der Waals surface area contributed by atoms with Crippen LogP contribution in [-0.4, -0.2) is 40.4 Å². The van der Waals surface area contributed by atoms with Crippen molar-refractivity contribution in [2.45, 2.75) is 25.3 Å². The highest BCUT2D eigenvalue weighted by Crippen LogP contribution is 2.46. The minimum absolute atomic E-state index is 0.649. The SMILES string of the molecule is COc1cccc(CNc2cc3c4c(c2)C2CNCC2CN4CCC3)c1OC. The molecule has 5 rings (SSSR count). The summed E-state index contributed by atoms with van der Waals surface area (Å²) >= 11 is 0. The minimum atomic E-state index is 0.649. The Balaban J connectivity index is 1.45. The molecule has 0 saturated carbocycles. The third-order valence-corrected chi connectivity index (χ3v) is 6.57. The molecule has 2 unspecified atom stereocenters. The van der Waals surface area contributed by atoms with Crippen LogP contribution in [0.5, 0.6) is 11.5 Å². The van der Waals surface area contributed by atoms with E-state index in [9.17, 15) is 0 Å². The van der Waals surface area contributed by atoms with Crippen LogP contribution in [0.15, 0.2) is 30.3 Å². The normalized spacial score (nSPS) is 22.4. The van der Waals surface area contributed by atoms with Gasteiger partial charge in [-0.15, -0.1) is 0 Å². The number of nitrogens with zero attached hydrogens (tertiary/aromatic N) is 1. The molecule has 1 fully saturated rings. The zero-order chi connectivity index (χ0) is 19.1. The van der Waals surface area contributed by atoms with E-state index in [1.165, 1.54) is 42.9 Å². The molecular weight excluding hydrogens is 350 g/mol. The molecule has 0 amide bonds. The average Bonchev–Trinajstić information content (AvgIpc) is 3.20. The van der Waals surface area contributed by atoms with Crippen molar-refractivity contribution >= 4 is 11.4 Å². The van der Waals surface area contributed by atoms with E-state index >= 15 is 0 Å². The Morgan fingerprint density at radius 3 is 2.96 bits per heavy atom. The van der Waals surface area contributed by atoms with Crippen molar-refractivity contribution in [3.05, 3.63) is 47.0 Å². The number of methoxy groups -OCH3 is 2. The van der Waals surface area contributed by atoms with E-state index in [0.29, 0.717) is 12.5 Å². The van der Waals surface area contributed by atoms with Crippen LogP contribution >= 0.6 is 0 Å². The number of rotatable bonds is 5. The van der Waals surface area contributed by atoms with Crippen molar-refractivity contribution in [2.24, 2.45) is 5.92 Å². The maximum atomic E-state index is 5.59. The quantitative estimate of drug-likeness (QED) is 0.834. The molecule has 2 aromatic rings. The van der Waals surface area contributed by atoms with Crippen LogP contribution < -0.4 is 25.0 Å². The van der Waals surface area contributed by atoms with Gasteiger partial charge in [-0.3, -0.25) is 0 Å². The van der Waals surface area contributed by atoms with Crippen LogP contribution in [0.4, 0.5) is 11.4 Å². The third-order valence-electron chi connectivity index (χ3n) is 6.57. The lowest BCUT2D eigenvalue weighted by Gasteiger charge is -2.42. The molecule has 0 bridgehead atoms. The summed E-state index contributed by atoms with van der Waals surface area (Å²) in [6, 6.07) is 10.8. The molecule has 0 aromatic heterocycles. The highest BCUT2D eigenvalue weighted by molar-refractivity contribution is 5.70. The van der Waals surface area contributed by atoms with Crippen LogP contribution in [0.2, 0.25) is 0 Å². The number of hydrogen-bond acceptors (Lipinski definition) is 5. The minimum Gasteiger partial charge on any atom is -0.493 e. The summed E-state index contributed by atoms with van der Waals surface area (Å²) in [4.78, 5) is 2.64. The lowest BCUT2D eigenvalue weighted by Crippen LogP contribution is -2.41. The molecule has 3 aliphatic heterocycles. The Morgan fingerprint density at radius 2 is 2.11 bits per heavy atom. The summed E-state index contributed by atoms with van der Waals surface area (Å²) in [5.41, 5.74) is 6.90. The Hall–Kier alpha value is -2.40. The number of para-hydroxylation sites is 1. The Kier molecular flexibility index (Phi) is 4.55. The molecule has 0 spiro atoms. The maximum Gasteiger partial charge on any atom is 0.165 e. The predicted octanol–water partition coefficient (Wildman–Crippen LogP) is 3.39. The van der Waals surface area contributed by atoms with Gasteiger partial charge in [0.2, 0.25) is 0 Å². The second-order valence-electron chi connectivity index (χ2n) is 8.15. The standard InChI is InChI=1S/C23H29N3O2/c1-27-21-7-3-5-16(23(21)28-2)12-25-18-9-15-6-4-8-26-14-17-11-24-13-20(17)19(10-18)22(15)26/h3,5,7,9-10,17,20,24-25H,4,6,8,11-14H2,1-2H3. The Morgan fingerprint density at radius 1 is 1.18 bits per heavy atom. The fourth-order valence-corrected chi connectivity index (χ4v) is 5.30. The number of aryl methyl sites for hydroxylation is 1. The van der Waals surface area contributed by atoms with E-state index in [2.05, 4.69) is 33.7 Å². The highest BCUT2D eigenvalue weighted by Gasteiger charge is 2.38. The number of hydrogen-bond donors (Lipinski definition) is 2. The van der Waals surface area contributed by atoms with E-state index in [4.69, 9.17) is 9.47 Å². The molecule has 0 aliphatic carbocycles.